The van der Waals surface area contributed by atoms with Gasteiger partial charge >= 0.3 is 0 Å². The number of nitrogens with one attached hydrogen (secondary N) is 1. The summed E-state index contributed by atoms with van der Waals surface area (Å²) in [5, 5.41) is 7.78. The van der Waals surface area contributed by atoms with Gasteiger partial charge in [-0.25, -0.2) is 4.98 Å². The van der Waals surface area contributed by atoms with E-state index in [1.807, 2.05) is 53.2 Å². The second-order valence-corrected chi connectivity index (χ2v) is 8.79. The van der Waals surface area contributed by atoms with Gasteiger partial charge in [-0.3, -0.25) is 9.69 Å². The van der Waals surface area contributed by atoms with Crippen LogP contribution in [-0.2, 0) is 17.9 Å². The number of piperidine rings is 1. The second kappa shape index (κ2) is 10.2. The molecule has 2 aromatic heterocycles. The van der Waals surface area contributed by atoms with Gasteiger partial charge in [0.25, 0.3) is 0 Å². The molecule has 8 nitrogen and oxygen atoms in total. The van der Waals surface area contributed by atoms with Crippen molar-refractivity contribution in [2.24, 2.45) is 5.92 Å². The molecule has 174 valence electrons. The minimum Gasteiger partial charge on any atom is -0.352 e. The Morgan fingerprint density at radius 2 is 2.03 bits per heavy atom. The molecule has 1 unspecified atom stereocenters. The number of para-hydroxylation sites is 1. The van der Waals surface area contributed by atoms with Crippen LogP contribution in [0.2, 0.25) is 5.02 Å². The molecule has 1 aliphatic heterocycles. The van der Waals surface area contributed by atoms with Crippen molar-refractivity contribution < 1.29 is 9.32 Å². The quantitative estimate of drug-likeness (QED) is 0.432. The first-order valence-corrected chi connectivity index (χ1v) is 11.7. The molecule has 1 aliphatic rings. The Morgan fingerprint density at radius 1 is 1.18 bits per heavy atom. The minimum absolute atomic E-state index is 0.0624. The van der Waals surface area contributed by atoms with E-state index in [9.17, 15) is 4.79 Å². The third-order valence-electron chi connectivity index (χ3n) is 6.05. The van der Waals surface area contributed by atoms with E-state index in [4.69, 9.17) is 16.1 Å². The first kappa shape index (κ1) is 22.3. The number of nitrogens with zero attached hydrogens (tertiary/aromatic N) is 5. The molecule has 1 amide bonds. The number of hydrogen-bond donors (Lipinski definition) is 1. The molecule has 0 radical (unpaired) electrons. The number of carbonyl (C=O) groups excluding carboxylic acids is 1. The van der Waals surface area contributed by atoms with E-state index in [1.54, 1.807) is 18.6 Å². The van der Waals surface area contributed by atoms with Crippen molar-refractivity contribution in [1.29, 1.82) is 0 Å². The van der Waals surface area contributed by atoms with Gasteiger partial charge in [-0.05, 0) is 43.1 Å². The van der Waals surface area contributed by atoms with Crippen molar-refractivity contribution in [3.05, 3.63) is 83.7 Å². The highest BCUT2D eigenvalue weighted by atomic mass is 35.5. The van der Waals surface area contributed by atoms with Crippen LogP contribution >= 0.6 is 11.6 Å². The number of carbonyl (C=O) groups is 1. The maximum Gasteiger partial charge on any atom is 0.241 e. The Labute approximate surface area is 202 Å². The van der Waals surface area contributed by atoms with Gasteiger partial charge in [0.2, 0.25) is 17.6 Å². The number of aromatic nitrogens is 4. The zero-order valence-electron chi connectivity index (χ0n) is 18.6. The standard InChI is InChI=1S/C25H25ClN6O2/c26-21-9-3-2-8-20(21)24-29-23(34-30-24)16-31-12-5-7-19(15-31)25(33)28-14-18-6-1-4-10-22(18)32-13-11-27-17-32/h1-4,6,8-11,13,17,19H,5,7,12,14-16H2,(H,28,33). The van der Waals surface area contributed by atoms with Crippen LogP contribution in [-0.4, -0.2) is 43.6 Å². The summed E-state index contributed by atoms with van der Waals surface area (Å²) in [6.07, 6.45) is 7.20. The van der Waals surface area contributed by atoms with Crippen molar-refractivity contribution in [2.45, 2.75) is 25.9 Å². The lowest BCUT2D eigenvalue weighted by Gasteiger charge is -2.30. The van der Waals surface area contributed by atoms with Crippen molar-refractivity contribution in [3.8, 4) is 17.1 Å². The predicted molar refractivity (Wildman–Crippen MR) is 128 cm³/mol. The number of likely N-dealkylation sites (tertiary alicyclic amines) is 1. The number of rotatable bonds is 7. The van der Waals surface area contributed by atoms with Gasteiger partial charge in [0.1, 0.15) is 0 Å². The Kier molecular flexibility index (Phi) is 6.69. The van der Waals surface area contributed by atoms with E-state index >= 15 is 0 Å². The predicted octanol–water partition coefficient (Wildman–Crippen LogP) is 4.10. The van der Waals surface area contributed by atoms with Crippen molar-refractivity contribution in [2.75, 3.05) is 13.1 Å². The summed E-state index contributed by atoms with van der Waals surface area (Å²) in [5.74, 6) is 0.973. The molecular formula is C25H25ClN6O2. The van der Waals surface area contributed by atoms with Crippen LogP contribution in [0.3, 0.4) is 0 Å². The van der Waals surface area contributed by atoms with E-state index in [-0.39, 0.29) is 11.8 Å². The highest BCUT2D eigenvalue weighted by Crippen LogP contribution is 2.26. The molecule has 3 heterocycles. The molecule has 0 saturated carbocycles. The lowest BCUT2D eigenvalue weighted by molar-refractivity contribution is -0.127. The summed E-state index contributed by atoms with van der Waals surface area (Å²) in [6, 6.07) is 15.4. The maximum absolute atomic E-state index is 13.0. The first-order chi connectivity index (χ1) is 16.7. The Balaban J connectivity index is 1.19. The van der Waals surface area contributed by atoms with Gasteiger partial charge in [-0.15, -0.1) is 0 Å². The molecule has 34 heavy (non-hydrogen) atoms. The number of hydrogen-bond acceptors (Lipinski definition) is 6. The molecule has 4 aromatic rings. The fourth-order valence-corrected chi connectivity index (χ4v) is 4.54. The van der Waals surface area contributed by atoms with Crippen molar-refractivity contribution in [3.63, 3.8) is 0 Å². The molecule has 0 spiro atoms. The smallest absolute Gasteiger partial charge is 0.241 e. The van der Waals surface area contributed by atoms with Crippen LogP contribution in [0.15, 0.2) is 71.8 Å². The van der Waals surface area contributed by atoms with E-state index in [2.05, 4.69) is 25.3 Å². The normalized spacial score (nSPS) is 16.4. The Hall–Kier alpha value is -3.49. The second-order valence-electron chi connectivity index (χ2n) is 8.38. The monoisotopic (exact) mass is 476 g/mol. The summed E-state index contributed by atoms with van der Waals surface area (Å²) in [5.41, 5.74) is 2.79. The highest BCUT2D eigenvalue weighted by molar-refractivity contribution is 6.33. The molecule has 1 saturated heterocycles. The van der Waals surface area contributed by atoms with E-state index in [0.29, 0.717) is 36.4 Å². The number of imidazole rings is 1. The van der Waals surface area contributed by atoms with Crippen LogP contribution in [0.1, 0.15) is 24.3 Å². The van der Waals surface area contributed by atoms with E-state index < -0.39 is 0 Å². The summed E-state index contributed by atoms with van der Waals surface area (Å²) in [7, 11) is 0. The largest absolute Gasteiger partial charge is 0.352 e. The van der Waals surface area contributed by atoms with Crippen LogP contribution in [0.5, 0.6) is 0 Å². The summed E-state index contributed by atoms with van der Waals surface area (Å²) < 4.78 is 7.41. The molecular weight excluding hydrogens is 452 g/mol. The number of benzene rings is 2. The lowest BCUT2D eigenvalue weighted by atomic mass is 9.97. The van der Waals surface area contributed by atoms with Crippen LogP contribution in [0.25, 0.3) is 17.1 Å². The van der Waals surface area contributed by atoms with Gasteiger partial charge in [-0.1, -0.05) is 47.1 Å². The third kappa shape index (κ3) is 5.03. The van der Waals surface area contributed by atoms with Gasteiger partial charge in [0.05, 0.1) is 29.5 Å². The van der Waals surface area contributed by atoms with Crippen LogP contribution in [0, 0.1) is 5.92 Å². The van der Waals surface area contributed by atoms with Gasteiger partial charge in [0, 0.05) is 31.0 Å². The fraction of sp³-hybridized carbons (Fsp3) is 0.280. The van der Waals surface area contributed by atoms with Crippen molar-refractivity contribution in [1.82, 2.24) is 29.9 Å². The number of amides is 1. The average Bonchev–Trinajstić information content (AvgIpc) is 3.56. The van der Waals surface area contributed by atoms with Crippen molar-refractivity contribution >= 4 is 17.5 Å². The third-order valence-corrected chi connectivity index (χ3v) is 6.37. The van der Waals surface area contributed by atoms with Gasteiger partial charge in [-0.2, -0.15) is 4.98 Å². The minimum atomic E-state index is -0.0832. The van der Waals surface area contributed by atoms with Gasteiger partial charge < -0.3 is 14.4 Å². The topological polar surface area (TPSA) is 89.1 Å². The fourth-order valence-electron chi connectivity index (χ4n) is 4.32. The van der Waals surface area contributed by atoms with E-state index in [1.165, 1.54) is 0 Å². The summed E-state index contributed by atoms with van der Waals surface area (Å²) >= 11 is 6.25. The SMILES string of the molecule is O=C(NCc1ccccc1-n1ccnc1)C1CCCN(Cc2nc(-c3ccccc3Cl)no2)C1. The number of halogens is 1. The zero-order valence-corrected chi connectivity index (χ0v) is 19.4. The average molecular weight is 477 g/mol. The van der Waals surface area contributed by atoms with Crippen LogP contribution < -0.4 is 5.32 Å². The summed E-state index contributed by atoms with van der Waals surface area (Å²) in [4.78, 5) is 23.8. The lowest BCUT2D eigenvalue weighted by Crippen LogP contribution is -2.42. The van der Waals surface area contributed by atoms with Gasteiger partial charge in [0.15, 0.2) is 0 Å². The first-order valence-electron chi connectivity index (χ1n) is 11.3. The Bertz CT molecular complexity index is 1260. The molecule has 0 aliphatic carbocycles. The molecule has 1 atom stereocenters. The molecule has 9 heteroatoms. The summed E-state index contributed by atoms with van der Waals surface area (Å²) in [6.45, 7) is 2.51. The molecule has 1 N–H and O–H groups in total. The molecule has 5 rings (SSSR count). The van der Waals surface area contributed by atoms with E-state index in [0.717, 1.165) is 36.2 Å². The Morgan fingerprint density at radius 3 is 2.88 bits per heavy atom. The van der Waals surface area contributed by atoms with Crippen LogP contribution in [0.4, 0.5) is 0 Å². The maximum atomic E-state index is 13.0. The molecule has 0 bridgehead atoms. The molecule has 1 fully saturated rings. The molecule has 2 aromatic carbocycles. The zero-order chi connectivity index (χ0) is 23.3. The highest BCUT2D eigenvalue weighted by Gasteiger charge is 2.27.